The zero-order valence-corrected chi connectivity index (χ0v) is 14.4. The molecular formula is C20H23NO4. The predicted octanol–water partition coefficient (Wildman–Crippen LogP) is 3.22. The minimum atomic E-state index is -0.940. The number of nitrogens with zero attached hydrogens (tertiary/aromatic N) is 1. The first-order valence-corrected chi connectivity index (χ1v) is 8.50. The molecule has 0 saturated carbocycles. The van der Waals surface area contributed by atoms with E-state index in [1.165, 1.54) is 11.1 Å². The van der Waals surface area contributed by atoms with Crippen LogP contribution in [0, 0.1) is 0 Å². The second-order valence-electron chi connectivity index (χ2n) is 6.20. The number of fused-ring (bicyclic) bond motifs is 1. The van der Waals surface area contributed by atoms with Gasteiger partial charge in [-0.05, 0) is 60.8 Å². The summed E-state index contributed by atoms with van der Waals surface area (Å²) in [5.41, 5.74) is 2.94. The molecule has 0 spiro atoms. The van der Waals surface area contributed by atoms with Crippen molar-refractivity contribution in [1.82, 2.24) is 4.90 Å². The third-order valence-corrected chi connectivity index (χ3v) is 4.49. The van der Waals surface area contributed by atoms with E-state index in [1.807, 2.05) is 6.07 Å². The minimum absolute atomic E-state index is 0.246. The Labute approximate surface area is 147 Å². The van der Waals surface area contributed by atoms with E-state index in [1.54, 1.807) is 31.4 Å². The molecule has 0 fully saturated rings. The van der Waals surface area contributed by atoms with E-state index in [2.05, 4.69) is 17.0 Å². The molecular weight excluding hydrogens is 318 g/mol. The summed E-state index contributed by atoms with van der Waals surface area (Å²) in [4.78, 5) is 13.4. The van der Waals surface area contributed by atoms with Crippen molar-refractivity contribution in [2.24, 2.45) is 0 Å². The summed E-state index contributed by atoms with van der Waals surface area (Å²) in [7, 11) is 1.70. The van der Waals surface area contributed by atoms with Gasteiger partial charge >= 0.3 is 5.97 Å². The van der Waals surface area contributed by atoms with Gasteiger partial charge < -0.3 is 14.6 Å². The van der Waals surface area contributed by atoms with Gasteiger partial charge in [-0.25, -0.2) is 4.79 Å². The van der Waals surface area contributed by atoms with Gasteiger partial charge in [0.1, 0.15) is 18.1 Å². The maximum atomic E-state index is 11.0. The highest BCUT2D eigenvalue weighted by atomic mass is 16.5. The topological polar surface area (TPSA) is 59.0 Å². The number of aryl methyl sites for hydroxylation is 1. The number of hydrogen-bond donors (Lipinski definition) is 1. The molecule has 1 N–H and O–H groups in total. The van der Waals surface area contributed by atoms with Crippen LogP contribution in [0.2, 0.25) is 0 Å². The molecule has 0 amide bonds. The highest BCUT2D eigenvalue weighted by Crippen LogP contribution is 2.23. The third-order valence-electron chi connectivity index (χ3n) is 4.49. The first-order valence-electron chi connectivity index (χ1n) is 8.50. The smallest absolute Gasteiger partial charge is 0.335 e. The largest absolute Gasteiger partial charge is 0.497 e. The van der Waals surface area contributed by atoms with E-state index in [-0.39, 0.29) is 5.56 Å². The summed E-state index contributed by atoms with van der Waals surface area (Å²) in [5.74, 6) is 0.568. The van der Waals surface area contributed by atoms with Gasteiger partial charge in [0.15, 0.2) is 0 Å². The molecule has 0 atom stereocenters. The molecule has 25 heavy (non-hydrogen) atoms. The van der Waals surface area contributed by atoms with E-state index < -0.39 is 5.97 Å². The van der Waals surface area contributed by atoms with Crippen molar-refractivity contribution < 1.29 is 19.4 Å². The number of carboxylic acid groups (broad SMARTS) is 1. The molecule has 1 aliphatic rings. The van der Waals surface area contributed by atoms with Crippen LogP contribution in [0.1, 0.15) is 27.9 Å². The fraction of sp³-hybridized carbons (Fsp3) is 0.350. The number of hydrogen-bond acceptors (Lipinski definition) is 4. The Kier molecular flexibility index (Phi) is 5.56. The fourth-order valence-electron chi connectivity index (χ4n) is 3.13. The SMILES string of the molecule is COc1ccc2c(c1)CCCN(CCOc1cccc(C(=O)O)c1)C2. The van der Waals surface area contributed by atoms with E-state index in [0.29, 0.717) is 12.4 Å². The Morgan fingerprint density at radius 1 is 1.16 bits per heavy atom. The Bertz CT molecular complexity index is 744. The van der Waals surface area contributed by atoms with Gasteiger partial charge in [-0.2, -0.15) is 0 Å². The van der Waals surface area contributed by atoms with Gasteiger partial charge in [-0.1, -0.05) is 12.1 Å². The van der Waals surface area contributed by atoms with Gasteiger partial charge in [-0.15, -0.1) is 0 Å². The van der Waals surface area contributed by atoms with E-state index >= 15 is 0 Å². The number of carbonyl (C=O) groups is 1. The summed E-state index contributed by atoms with van der Waals surface area (Å²) in [5, 5.41) is 9.03. The Morgan fingerprint density at radius 3 is 2.84 bits per heavy atom. The highest BCUT2D eigenvalue weighted by molar-refractivity contribution is 5.87. The lowest BCUT2D eigenvalue weighted by Crippen LogP contribution is -2.28. The van der Waals surface area contributed by atoms with Crippen LogP contribution in [0.5, 0.6) is 11.5 Å². The van der Waals surface area contributed by atoms with Crippen molar-refractivity contribution in [1.29, 1.82) is 0 Å². The molecule has 132 valence electrons. The molecule has 0 saturated heterocycles. The predicted molar refractivity (Wildman–Crippen MR) is 95.5 cm³/mol. The van der Waals surface area contributed by atoms with Crippen LogP contribution in [0.25, 0.3) is 0 Å². The van der Waals surface area contributed by atoms with Gasteiger partial charge in [-0.3, -0.25) is 4.90 Å². The van der Waals surface area contributed by atoms with E-state index in [4.69, 9.17) is 14.6 Å². The zero-order valence-electron chi connectivity index (χ0n) is 14.4. The molecule has 5 nitrogen and oxygen atoms in total. The molecule has 5 heteroatoms. The average molecular weight is 341 g/mol. The van der Waals surface area contributed by atoms with Crippen molar-refractivity contribution in [3.63, 3.8) is 0 Å². The maximum Gasteiger partial charge on any atom is 0.335 e. The molecule has 0 bridgehead atoms. The van der Waals surface area contributed by atoms with Crippen molar-refractivity contribution >= 4 is 5.97 Å². The maximum absolute atomic E-state index is 11.0. The number of ether oxygens (including phenoxy) is 2. The van der Waals surface area contributed by atoms with Crippen LogP contribution in [0.15, 0.2) is 42.5 Å². The van der Waals surface area contributed by atoms with E-state index in [0.717, 1.165) is 38.2 Å². The number of rotatable bonds is 6. The third kappa shape index (κ3) is 4.51. The summed E-state index contributed by atoms with van der Waals surface area (Å²) in [6.07, 6.45) is 2.17. The molecule has 0 unspecified atom stereocenters. The monoisotopic (exact) mass is 341 g/mol. The zero-order chi connectivity index (χ0) is 17.6. The molecule has 2 aromatic rings. The molecule has 0 radical (unpaired) electrons. The van der Waals surface area contributed by atoms with Crippen LogP contribution in [-0.2, 0) is 13.0 Å². The second-order valence-corrected chi connectivity index (χ2v) is 6.20. The molecule has 0 aromatic heterocycles. The number of methoxy groups -OCH3 is 1. The molecule has 1 heterocycles. The Balaban J connectivity index is 1.56. The molecule has 2 aromatic carbocycles. The lowest BCUT2D eigenvalue weighted by Gasteiger charge is -2.20. The first kappa shape index (κ1) is 17.3. The number of benzene rings is 2. The fourth-order valence-corrected chi connectivity index (χ4v) is 3.13. The van der Waals surface area contributed by atoms with Gasteiger partial charge in [0.05, 0.1) is 12.7 Å². The van der Waals surface area contributed by atoms with Crippen molar-refractivity contribution in [2.45, 2.75) is 19.4 Å². The molecule has 0 aliphatic carbocycles. The standard InChI is InChI=1S/C20H23NO4/c1-24-18-8-7-17-14-21(9-3-5-15(17)12-18)10-11-25-19-6-2-4-16(13-19)20(22)23/h2,4,6-8,12-13H,3,5,9-11,14H2,1H3,(H,22,23). The second kappa shape index (κ2) is 8.03. The van der Waals surface area contributed by atoms with Crippen LogP contribution >= 0.6 is 0 Å². The summed E-state index contributed by atoms with van der Waals surface area (Å²) < 4.78 is 11.1. The lowest BCUT2D eigenvalue weighted by molar-refractivity contribution is 0.0696. The Morgan fingerprint density at radius 2 is 2.04 bits per heavy atom. The van der Waals surface area contributed by atoms with Crippen molar-refractivity contribution in [2.75, 3.05) is 26.8 Å². The van der Waals surface area contributed by atoms with Crippen LogP contribution in [0.3, 0.4) is 0 Å². The summed E-state index contributed by atoms with van der Waals surface area (Å²) >= 11 is 0. The summed E-state index contributed by atoms with van der Waals surface area (Å²) in [6.45, 7) is 3.27. The van der Waals surface area contributed by atoms with Crippen LogP contribution < -0.4 is 9.47 Å². The molecule has 1 aliphatic heterocycles. The van der Waals surface area contributed by atoms with Gasteiger partial charge in [0.2, 0.25) is 0 Å². The number of carboxylic acids is 1. The quantitative estimate of drug-likeness (QED) is 0.874. The van der Waals surface area contributed by atoms with E-state index in [9.17, 15) is 4.79 Å². The van der Waals surface area contributed by atoms with Crippen LogP contribution in [-0.4, -0.2) is 42.8 Å². The average Bonchev–Trinajstić information content (AvgIpc) is 2.83. The summed E-state index contributed by atoms with van der Waals surface area (Å²) in [6, 6.07) is 12.9. The van der Waals surface area contributed by atoms with Crippen molar-refractivity contribution in [3.05, 3.63) is 59.2 Å². The Hall–Kier alpha value is -2.53. The van der Waals surface area contributed by atoms with Gasteiger partial charge in [0, 0.05) is 13.1 Å². The highest BCUT2D eigenvalue weighted by Gasteiger charge is 2.15. The van der Waals surface area contributed by atoms with Gasteiger partial charge in [0.25, 0.3) is 0 Å². The molecule has 3 rings (SSSR count). The first-order chi connectivity index (χ1) is 12.2. The van der Waals surface area contributed by atoms with Crippen LogP contribution in [0.4, 0.5) is 0 Å². The lowest BCUT2D eigenvalue weighted by atomic mass is 10.0. The minimum Gasteiger partial charge on any atom is -0.497 e. The van der Waals surface area contributed by atoms with Crippen molar-refractivity contribution in [3.8, 4) is 11.5 Å². The number of aromatic carboxylic acids is 1. The normalized spacial score (nSPS) is 14.4.